The summed E-state index contributed by atoms with van der Waals surface area (Å²) < 4.78 is 11.4. The van der Waals surface area contributed by atoms with Gasteiger partial charge in [0.25, 0.3) is 0 Å². The van der Waals surface area contributed by atoms with Crippen LogP contribution in [0.25, 0.3) is 0 Å². The first-order valence-corrected chi connectivity index (χ1v) is 9.35. The molecule has 6 heteroatoms. The van der Waals surface area contributed by atoms with Crippen LogP contribution in [-0.2, 0) is 20.7 Å². The first kappa shape index (κ1) is 17.3. The highest BCUT2D eigenvalue weighted by atomic mass is 16.5. The van der Waals surface area contributed by atoms with Crippen LogP contribution in [0.3, 0.4) is 0 Å². The Labute approximate surface area is 154 Å². The number of nitrogens with zero attached hydrogens (tertiary/aromatic N) is 2. The van der Waals surface area contributed by atoms with Crippen LogP contribution < -0.4 is 4.74 Å². The van der Waals surface area contributed by atoms with Crippen molar-refractivity contribution in [2.45, 2.75) is 50.9 Å². The van der Waals surface area contributed by atoms with Crippen molar-refractivity contribution in [3.05, 3.63) is 29.8 Å². The molecular formula is C20H26N2O4. The Balaban J connectivity index is 1.53. The molecule has 3 fully saturated rings. The highest BCUT2D eigenvalue weighted by Crippen LogP contribution is 2.48. The molecule has 0 radical (unpaired) electrons. The number of rotatable bonds is 4. The molecule has 0 aliphatic carbocycles. The number of amides is 2. The van der Waals surface area contributed by atoms with E-state index in [4.69, 9.17) is 9.47 Å². The summed E-state index contributed by atoms with van der Waals surface area (Å²) in [7, 11) is 1.62. The van der Waals surface area contributed by atoms with Gasteiger partial charge in [-0.3, -0.25) is 9.59 Å². The van der Waals surface area contributed by atoms with Gasteiger partial charge in [-0.1, -0.05) is 26.0 Å². The number of ether oxygens (including phenoxy) is 2. The van der Waals surface area contributed by atoms with E-state index in [1.54, 1.807) is 7.11 Å². The van der Waals surface area contributed by atoms with E-state index in [0.29, 0.717) is 38.3 Å². The Morgan fingerprint density at radius 3 is 2.96 bits per heavy atom. The third-order valence-corrected chi connectivity index (χ3v) is 6.07. The van der Waals surface area contributed by atoms with Crippen LogP contribution in [0.5, 0.6) is 5.75 Å². The number of benzene rings is 1. The van der Waals surface area contributed by atoms with Crippen LogP contribution >= 0.6 is 0 Å². The molecule has 6 nitrogen and oxygen atoms in total. The minimum absolute atomic E-state index is 0.0476. The zero-order valence-electron chi connectivity index (χ0n) is 15.6. The van der Waals surface area contributed by atoms with E-state index in [1.807, 2.05) is 34.1 Å². The second-order valence-electron chi connectivity index (χ2n) is 7.82. The molecule has 0 N–H and O–H groups in total. The summed E-state index contributed by atoms with van der Waals surface area (Å²) in [5.41, 5.74) is 0.319. The molecule has 1 spiro atoms. The molecule has 3 saturated heterocycles. The molecule has 2 amide bonds. The maximum Gasteiger partial charge on any atom is 0.227 e. The monoisotopic (exact) mass is 358 g/mol. The molecular weight excluding hydrogens is 332 g/mol. The SMILES string of the molecule is COc1cccc(CC(=O)N2CC[C@@]34OC[C@@H](C(C)C)N3C(=O)C[C@@H]24)c1. The highest BCUT2D eigenvalue weighted by Gasteiger charge is 2.65. The minimum atomic E-state index is -0.601. The number of carbonyl (C=O) groups excluding carboxylic acids is 2. The first-order chi connectivity index (χ1) is 12.5. The Morgan fingerprint density at radius 2 is 2.23 bits per heavy atom. The Kier molecular flexibility index (Phi) is 4.18. The number of likely N-dealkylation sites (tertiary alicyclic amines) is 1. The number of carbonyl (C=O) groups is 2. The van der Waals surface area contributed by atoms with Gasteiger partial charge in [0.05, 0.1) is 38.6 Å². The third kappa shape index (κ3) is 2.50. The Hall–Kier alpha value is -2.08. The smallest absolute Gasteiger partial charge is 0.227 e. The van der Waals surface area contributed by atoms with Gasteiger partial charge in [-0.15, -0.1) is 0 Å². The second-order valence-corrected chi connectivity index (χ2v) is 7.82. The molecule has 3 heterocycles. The molecule has 0 unspecified atom stereocenters. The van der Waals surface area contributed by atoms with Gasteiger partial charge in [0.1, 0.15) is 5.75 Å². The van der Waals surface area contributed by atoms with Crippen molar-refractivity contribution >= 4 is 11.8 Å². The van der Waals surface area contributed by atoms with Gasteiger partial charge in [0.15, 0.2) is 5.72 Å². The van der Waals surface area contributed by atoms with Gasteiger partial charge >= 0.3 is 0 Å². The minimum Gasteiger partial charge on any atom is -0.497 e. The van der Waals surface area contributed by atoms with Gasteiger partial charge in [0, 0.05) is 13.0 Å². The van der Waals surface area contributed by atoms with Crippen LogP contribution in [-0.4, -0.2) is 59.7 Å². The highest BCUT2D eigenvalue weighted by molar-refractivity contribution is 5.85. The topological polar surface area (TPSA) is 59.1 Å². The van der Waals surface area contributed by atoms with E-state index in [9.17, 15) is 9.59 Å². The first-order valence-electron chi connectivity index (χ1n) is 9.35. The van der Waals surface area contributed by atoms with Crippen LogP contribution in [0.4, 0.5) is 0 Å². The normalized spacial score (nSPS) is 30.1. The van der Waals surface area contributed by atoms with Crippen LogP contribution in [0.1, 0.15) is 32.3 Å². The van der Waals surface area contributed by atoms with Gasteiger partial charge < -0.3 is 19.3 Å². The lowest BCUT2D eigenvalue weighted by Crippen LogP contribution is -2.51. The van der Waals surface area contributed by atoms with Crippen molar-refractivity contribution in [2.24, 2.45) is 5.92 Å². The Bertz CT molecular complexity index is 734. The molecule has 26 heavy (non-hydrogen) atoms. The van der Waals surface area contributed by atoms with E-state index in [2.05, 4.69) is 13.8 Å². The Morgan fingerprint density at radius 1 is 1.42 bits per heavy atom. The molecule has 0 aromatic heterocycles. The number of methoxy groups -OCH3 is 1. The van der Waals surface area contributed by atoms with Crippen LogP contribution in [0.15, 0.2) is 24.3 Å². The molecule has 3 aliphatic rings. The molecule has 0 saturated carbocycles. The summed E-state index contributed by atoms with van der Waals surface area (Å²) in [6.07, 6.45) is 1.38. The summed E-state index contributed by atoms with van der Waals surface area (Å²) in [6, 6.07) is 7.51. The summed E-state index contributed by atoms with van der Waals surface area (Å²) >= 11 is 0. The maximum absolute atomic E-state index is 13.0. The van der Waals surface area contributed by atoms with Crippen molar-refractivity contribution in [1.29, 1.82) is 0 Å². The lowest BCUT2D eigenvalue weighted by atomic mass is 10.0. The summed E-state index contributed by atoms with van der Waals surface area (Å²) in [5, 5.41) is 0. The zero-order valence-corrected chi connectivity index (χ0v) is 15.6. The van der Waals surface area contributed by atoms with Crippen molar-refractivity contribution in [3.63, 3.8) is 0 Å². The average molecular weight is 358 g/mol. The van der Waals surface area contributed by atoms with Gasteiger partial charge in [0.2, 0.25) is 11.8 Å². The average Bonchev–Trinajstić information content (AvgIpc) is 3.24. The fourth-order valence-electron chi connectivity index (χ4n) is 4.73. The predicted octanol–water partition coefficient (Wildman–Crippen LogP) is 1.82. The van der Waals surface area contributed by atoms with Gasteiger partial charge in [-0.05, 0) is 23.6 Å². The standard InChI is InChI=1S/C20H26N2O4/c1-13(2)16-12-26-20-7-8-21(17(20)11-19(24)22(16)20)18(23)10-14-5-4-6-15(9-14)25-3/h4-6,9,13,16-17H,7-8,10-12H2,1-3H3/t16-,17+,20-/m0/s1. The second kappa shape index (κ2) is 6.27. The summed E-state index contributed by atoms with van der Waals surface area (Å²) in [6.45, 7) is 5.45. The van der Waals surface area contributed by atoms with Crippen LogP contribution in [0, 0.1) is 5.92 Å². The van der Waals surface area contributed by atoms with Gasteiger partial charge in [-0.25, -0.2) is 0 Å². The van der Waals surface area contributed by atoms with E-state index in [1.165, 1.54) is 0 Å². The molecule has 140 valence electrons. The lowest BCUT2D eigenvalue weighted by Gasteiger charge is -2.34. The molecule has 1 aromatic carbocycles. The van der Waals surface area contributed by atoms with E-state index in [0.717, 1.165) is 11.3 Å². The van der Waals surface area contributed by atoms with Crippen LogP contribution in [0.2, 0.25) is 0 Å². The van der Waals surface area contributed by atoms with E-state index < -0.39 is 5.72 Å². The molecule has 0 bridgehead atoms. The number of hydrogen-bond donors (Lipinski definition) is 0. The lowest BCUT2D eigenvalue weighted by molar-refractivity contribution is -0.141. The quantitative estimate of drug-likeness (QED) is 0.824. The van der Waals surface area contributed by atoms with Crippen molar-refractivity contribution in [3.8, 4) is 5.75 Å². The third-order valence-electron chi connectivity index (χ3n) is 6.07. The summed E-state index contributed by atoms with van der Waals surface area (Å²) in [5.74, 6) is 1.25. The van der Waals surface area contributed by atoms with Crippen molar-refractivity contribution < 1.29 is 19.1 Å². The van der Waals surface area contributed by atoms with Crippen molar-refractivity contribution in [1.82, 2.24) is 9.80 Å². The molecule has 1 aromatic rings. The molecule has 4 rings (SSSR count). The fraction of sp³-hybridized carbons (Fsp3) is 0.600. The number of hydrogen-bond acceptors (Lipinski definition) is 4. The van der Waals surface area contributed by atoms with E-state index >= 15 is 0 Å². The van der Waals surface area contributed by atoms with Crippen molar-refractivity contribution in [2.75, 3.05) is 20.3 Å². The van der Waals surface area contributed by atoms with Gasteiger partial charge in [-0.2, -0.15) is 0 Å². The fourth-order valence-corrected chi connectivity index (χ4v) is 4.73. The predicted molar refractivity (Wildman–Crippen MR) is 95.6 cm³/mol. The molecule has 3 atom stereocenters. The zero-order chi connectivity index (χ0) is 18.5. The maximum atomic E-state index is 13.0. The summed E-state index contributed by atoms with van der Waals surface area (Å²) in [4.78, 5) is 29.5. The van der Waals surface area contributed by atoms with E-state index in [-0.39, 0.29) is 23.9 Å². The molecule has 3 aliphatic heterocycles. The largest absolute Gasteiger partial charge is 0.497 e.